The third kappa shape index (κ3) is 7.39. The molecule has 2 aromatic carbocycles. The summed E-state index contributed by atoms with van der Waals surface area (Å²) in [6.07, 6.45) is 5.62. The maximum atomic E-state index is 10.1. The average Bonchev–Trinajstić information content (AvgIpc) is 3.17. The topological polar surface area (TPSA) is 62.2 Å². The number of halogens is 1. The van der Waals surface area contributed by atoms with E-state index in [9.17, 15) is 10.2 Å². The quantitative estimate of drug-likeness (QED) is 0.545. The third-order valence-corrected chi connectivity index (χ3v) is 6.20. The van der Waals surface area contributed by atoms with Crippen molar-refractivity contribution in [2.45, 2.75) is 56.7 Å². The van der Waals surface area contributed by atoms with E-state index in [1.54, 1.807) is 14.2 Å². The van der Waals surface area contributed by atoms with Gasteiger partial charge in [0, 0.05) is 18.6 Å². The van der Waals surface area contributed by atoms with Crippen LogP contribution in [-0.2, 0) is 12.8 Å². The number of hydrogen-bond acceptors (Lipinski definition) is 5. The molecule has 0 saturated carbocycles. The number of nitrogens with zero attached hydrogens (tertiary/aromatic N) is 1. The Labute approximate surface area is 192 Å². The molecule has 0 aliphatic carbocycles. The second kappa shape index (κ2) is 12.9. The normalized spacial score (nSPS) is 19.6. The van der Waals surface area contributed by atoms with E-state index in [2.05, 4.69) is 29.2 Å². The Balaban J connectivity index is 0.00000341. The summed E-state index contributed by atoms with van der Waals surface area (Å²) in [5.74, 6) is 1.78. The van der Waals surface area contributed by atoms with Crippen molar-refractivity contribution >= 4 is 12.4 Å². The number of aryl methyl sites for hydroxylation is 2. The first kappa shape index (κ1) is 25.5. The largest absolute Gasteiger partial charge is 0.497 e. The van der Waals surface area contributed by atoms with Crippen molar-refractivity contribution in [2.75, 3.05) is 27.4 Å². The molecule has 1 fully saturated rings. The van der Waals surface area contributed by atoms with Gasteiger partial charge in [0.1, 0.15) is 11.5 Å². The summed E-state index contributed by atoms with van der Waals surface area (Å²) in [4.78, 5) is 2.43. The summed E-state index contributed by atoms with van der Waals surface area (Å²) < 4.78 is 10.7. The third-order valence-electron chi connectivity index (χ3n) is 6.20. The van der Waals surface area contributed by atoms with Crippen molar-refractivity contribution in [3.63, 3.8) is 0 Å². The predicted molar refractivity (Wildman–Crippen MR) is 126 cm³/mol. The first-order valence-electron chi connectivity index (χ1n) is 10.9. The first-order valence-corrected chi connectivity index (χ1v) is 10.9. The van der Waals surface area contributed by atoms with Crippen molar-refractivity contribution < 1.29 is 19.7 Å². The van der Waals surface area contributed by atoms with Gasteiger partial charge in [0.05, 0.1) is 26.9 Å². The van der Waals surface area contributed by atoms with E-state index in [1.807, 2.05) is 24.3 Å². The van der Waals surface area contributed by atoms with Crippen LogP contribution in [0.4, 0.5) is 0 Å². The molecule has 0 spiro atoms. The minimum absolute atomic E-state index is 0. The zero-order valence-electron chi connectivity index (χ0n) is 18.6. The van der Waals surface area contributed by atoms with Crippen LogP contribution in [0, 0.1) is 0 Å². The number of likely N-dealkylation sites (tertiary alicyclic amines) is 1. The van der Waals surface area contributed by atoms with Crippen LogP contribution in [0.1, 0.15) is 36.8 Å². The van der Waals surface area contributed by atoms with E-state index in [4.69, 9.17) is 9.47 Å². The number of aliphatic hydroxyl groups is 2. The summed E-state index contributed by atoms with van der Waals surface area (Å²) >= 11 is 0. The van der Waals surface area contributed by atoms with Crippen LogP contribution in [-0.4, -0.2) is 60.7 Å². The summed E-state index contributed by atoms with van der Waals surface area (Å²) in [5, 5.41) is 19.5. The molecule has 2 aromatic rings. The number of hydrogen-bond donors (Lipinski definition) is 2. The van der Waals surface area contributed by atoms with Crippen LogP contribution < -0.4 is 9.47 Å². The van der Waals surface area contributed by atoms with Gasteiger partial charge in [-0.25, -0.2) is 0 Å². The van der Waals surface area contributed by atoms with E-state index in [0.717, 1.165) is 50.0 Å². The molecule has 2 N–H and O–H groups in total. The van der Waals surface area contributed by atoms with Gasteiger partial charge in [0.15, 0.2) is 0 Å². The summed E-state index contributed by atoms with van der Waals surface area (Å²) in [6.45, 7) is 0.337. The Kier molecular flexibility index (Phi) is 10.6. The molecule has 1 aliphatic heterocycles. The average molecular weight is 450 g/mol. The smallest absolute Gasteiger partial charge is 0.119 e. The Morgan fingerprint density at radius 3 is 1.81 bits per heavy atom. The summed E-state index contributed by atoms with van der Waals surface area (Å²) in [7, 11) is 3.39. The van der Waals surface area contributed by atoms with Crippen molar-refractivity contribution in [1.82, 2.24) is 4.90 Å². The molecule has 1 saturated heterocycles. The van der Waals surface area contributed by atoms with Crippen molar-refractivity contribution in [1.29, 1.82) is 0 Å². The van der Waals surface area contributed by atoms with Gasteiger partial charge < -0.3 is 19.7 Å². The molecule has 0 aromatic heterocycles. The lowest BCUT2D eigenvalue weighted by atomic mass is 10.0. The molecule has 6 heteroatoms. The fourth-order valence-electron chi connectivity index (χ4n) is 4.56. The van der Waals surface area contributed by atoms with Gasteiger partial charge in [-0.1, -0.05) is 24.3 Å². The SMILES string of the molecule is COc1cccc(CC[C@@H]2CC[C@H](CCc3cccc(OC)c3)N2C[C@@H](O)CO)c1.Cl. The van der Waals surface area contributed by atoms with Gasteiger partial charge in [-0.15, -0.1) is 12.4 Å². The van der Waals surface area contributed by atoms with E-state index in [-0.39, 0.29) is 19.0 Å². The fourth-order valence-corrected chi connectivity index (χ4v) is 4.56. The molecule has 0 bridgehead atoms. The van der Waals surface area contributed by atoms with Gasteiger partial charge in [-0.3, -0.25) is 4.90 Å². The van der Waals surface area contributed by atoms with Gasteiger partial charge >= 0.3 is 0 Å². The van der Waals surface area contributed by atoms with Crippen LogP contribution in [0.25, 0.3) is 0 Å². The van der Waals surface area contributed by atoms with Crippen LogP contribution in [0.15, 0.2) is 48.5 Å². The van der Waals surface area contributed by atoms with Crippen LogP contribution in [0.5, 0.6) is 11.5 Å². The number of methoxy groups -OCH3 is 2. The van der Waals surface area contributed by atoms with Gasteiger partial charge in [-0.2, -0.15) is 0 Å². The first-order chi connectivity index (χ1) is 14.6. The Morgan fingerprint density at radius 1 is 0.903 bits per heavy atom. The second-order valence-electron chi connectivity index (χ2n) is 8.20. The zero-order chi connectivity index (χ0) is 21.3. The van der Waals surface area contributed by atoms with Gasteiger partial charge in [0.2, 0.25) is 0 Å². The monoisotopic (exact) mass is 449 g/mol. The molecule has 3 rings (SSSR count). The predicted octanol–water partition coefficient (Wildman–Crippen LogP) is 3.88. The Hall–Kier alpha value is -1.79. The van der Waals surface area contributed by atoms with Gasteiger partial charge in [0.25, 0.3) is 0 Å². The van der Waals surface area contributed by atoms with Crippen LogP contribution in [0.2, 0.25) is 0 Å². The van der Waals surface area contributed by atoms with Crippen LogP contribution in [0.3, 0.4) is 0 Å². The highest BCUT2D eigenvalue weighted by atomic mass is 35.5. The highest BCUT2D eigenvalue weighted by Crippen LogP contribution is 2.31. The van der Waals surface area contributed by atoms with E-state index < -0.39 is 6.10 Å². The number of ether oxygens (including phenoxy) is 2. The molecular formula is C25H36ClNO4. The lowest BCUT2D eigenvalue weighted by molar-refractivity contribution is 0.0393. The standard InChI is InChI=1S/C25H35NO4.ClH/c1-29-24-7-3-5-19(15-24)9-11-21-13-14-22(26(21)17-23(28)18-27)12-10-20-6-4-8-25(16-20)30-2;/h3-8,15-16,21-23,27-28H,9-14,17-18H2,1-2H3;1H/t21-,22+,23-;/m1./s1. The Bertz CT molecular complexity index is 728. The molecule has 172 valence electrons. The molecule has 0 radical (unpaired) electrons. The van der Waals surface area contributed by atoms with E-state index in [0.29, 0.717) is 18.6 Å². The minimum Gasteiger partial charge on any atom is -0.497 e. The summed E-state index contributed by atoms with van der Waals surface area (Å²) in [5.41, 5.74) is 2.55. The lowest BCUT2D eigenvalue weighted by Gasteiger charge is -2.32. The minimum atomic E-state index is -0.693. The molecule has 0 amide bonds. The number of rotatable bonds is 11. The zero-order valence-corrected chi connectivity index (χ0v) is 19.4. The Morgan fingerprint density at radius 2 is 1.39 bits per heavy atom. The summed E-state index contributed by atoms with van der Waals surface area (Å²) in [6, 6.07) is 17.3. The van der Waals surface area contributed by atoms with Crippen LogP contribution >= 0.6 is 12.4 Å². The lowest BCUT2D eigenvalue weighted by Crippen LogP contribution is -2.42. The fraction of sp³-hybridized carbons (Fsp3) is 0.520. The molecule has 1 heterocycles. The number of β-amino-alcohol motifs (C(OH)–C–C–N with tert-alkyl or cyclic N) is 1. The molecule has 31 heavy (non-hydrogen) atoms. The maximum absolute atomic E-state index is 10.1. The molecule has 0 unspecified atom stereocenters. The van der Waals surface area contributed by atoms with Crippen molar-refractivity contribution in [3.8, 4) is 11.5 Å². The van der Waals surface area contributed by atoms with E-state index >= 15 is 0 Å². The van der Waals surface area contributed by atoms with E-state index in [1.165, 1.54) is 11.1 Å². The van der Waals surface area contributed by atoms with Crippen molar-refractivity contribution in [3.05, 3.63) is 59.7 Å². The molecule has 3 atom stereocenters. The highest BCUT2D eigenvalue weighted by Gasteiger charge is 2.33. The number of benzene rings is 2. The highest BCUT2D eigenvalue weighted by molar-refractivity contribution is 5.85. The number of aliphatic hydroxyl groups excluding tert-OH is 2. The van der Waals surface area contributed by atoms with Crippen molar-refractivity contribution in [2.24, 2.45) is 0 Å². The second-order valence-corrected chi connectivity index (χ2v) is 8.20. The van der Waals surface area contributed by atoms with Gasteiger partial charge in [-0.05, 0) is 73.9 Å². The molecule has 1 aliphatic rings. The molecular weight excluding hydrogens is 414 g/mol. The maximum Gasteiger partial charge on any atom is 0.119 e. The molecule has 5 nitrogen and oxygen atoms in total.